The largest absolute Gasteiger partial charge is 0.361 e. The van der Waals surface area contributed by atoms with Crippen molar-refractivity contribution in [1.82, 2.24) is 10.5 Å². The van der Waals surface area contributed by atoms with Gasteiger partial charge in [-0.25, -0.2) is 8.42 Å². The van der Waals surface area contributed by atoms with Crippen molar-refractivity contribution >= 4 is 15.7 Å². The molecule has 0 saturated carbocycles. The third kappa shape index (κ3) is 4.67. The van der Waals surface area contributed by atoms with E-state index in [1.165, 1.54) is 0 Å². The van der Waals surface area contributed by atoms with E-state index < -0.39 is 15.1 Å². The first-order chi connectivity index (χ1) is 11.3. The number of nitrogens with one attached hydrogen (secondary N) is 1. The Kier molecular flexibility index (Phi) is 5.77. The molecule has 2 rings (SSSR count). The Balaban J connectivity index is 1.86. The Bertz CT molecular complexity index is 792. The van der Waals surface area contributed by atoms with Crippen LogP contribution in [-0.4, -0.2) is 31.3 Å². The van der Waals surface area contributed by atoms with Crippen molar-refractivity contribution in [2.45, 2.75) is 43.8 Å². The van der Waals surface area contributed by atoms with Crippen molar-refractivity contribution in [2.75, 3.05) is 6.54 Å². The number of aromatic nitrogens is 1. The average Bonchev–Trinajstić information content (AvgIpc) is 2.93. The summed E-state index contributed by atoms with van der Waals surface area (Å²) in [5.41, 5.74) is 1.58. The number of carbonyl (C=O) groups is 1. The molecule has 0 aliphatic carbocycles. The molecule has 0 aliphatic heterocycles. The van der Waals surface area contributed by atoms with Crippen LogP contribution in [0.2, 0.25) is 0 Å². The van der Waals surface area contributed by atoms with Crippen molar-refractivity contribution in [3.05, 3.63) is 47.3 Å². The number of hydrogen-bond donors (Lipinski definition) is 1. The van der Waals surface area contributed by atoms with Crippen LogP contribution >= 0.6 is 0 Å². The SMILES string of the molecule is Cc1cc(CCNC(=O)Cc2ccc(S(=O)(=O)C(C)C)cc2)on1. The Labute approximate surface area is 142 Å². The fraction of sp³-hybridized carbons (Fsp3) is 0.412. The molecule has 1 N–H and O–H groups in total. The monoisotopic (exact) mass is 350 g/mol. The van der Waals surface area contributed by atoms with Crippen LogP contribution in [-0.2, 0) is 27.5 Å². The topological polar surface area (TPSA) is 89.3 Å². The van der Waals surface area contributed by atoms with E-state index in [4.69, 9.17) is 4.52 Å². The van der Waals surface area contributed by atoms with Gasteiger partial charge in [0, 0.05) is 19.0 Å². The number of benzene rings is 1. The maximum atomic E-state index is 12.0. The summed E-state index contributed by atoms with van der Waals surface area (Å²) in [6, 6.07) is 8.29. The third-order valence-electron chi connectivity index (χ3n) is 3.61. The Morgan fingerprint density at radius 1 is 1.25 bits per heavy atom. The number of aryl methyl sites for hydroxylation is 1. The maximum Gasteiger partial charge on any atom is 0.224 e. The quantitative estimate of drug-likeness (QED) is 0.826. The second kappa shape index (κ2) is 7.61. The lowest BCUT2D eigenvalue weighted by molar-refractivity contribution is -0.120. The van der Waals surface area contributed by atoms with Crippen LogP contribution in [0.1, 0.15) is 30.9 Å². The normalized spacial score (nSPS) is 11.7. The van der Waals surface area contributed by atoms with E-state index in [2.05, 4.69) is 10.5 Å². The van der Waals surface area contributed by atoms with Gasteiger partial charge in [-0.1, -0.05) is 17.3 Å². The van der Waals surface area contributed by atoms with Crippen molar-refractivity contribution in [1.29, 1.82) is 0 Å². The molecule has 0 fully saturated rings. The first kappa shape index (κ1) is 18.2. The predicted octanol–water partition coefficient (Wildman–Crippen LogP) is 2.07. The van der Waals surface area contributed by atoms with Crippen LogP contribution in [0.5, 0.6) is 0 Å². The summed E-state index contributed by atoms with van der Waals surface area (Å²) in [6.07, 6.45) is 0.787. The summed E-state index contributed by atoms with van der Waals surface area (Å²) in [7, 11) is -3.28. The first-order valence-electron chi connectivity index (χ1n) is 7.81. The van der Waals surface area contributed by atoms with Gasteiger partial charge in [0.25, 0.3) is 0 Å². The fourth-order valence-electron chi connectivity index (χ4n) is 2.18. The fourth-order valence-corrected chi connectivity index (χ4v) is 3.24. The van der Waals surface area contributed by atoms with Gasteiger partial charge in [0.1, 0.15) is 5.76 Å². The molecule has 1 aromatic heterocycles. The molecule has 0 spiro atoms. The average molecular weight is 350 g/mol. The molecule has 7 heteroatoms. The molecule has 6 nitrogen and oxygen atoms in total. The highest BCUT2D eigenvalue weighted by atomic mass is 32.2. The first-order valence-corrected chi connectivity index (χ1v) is 9.35. The third-order valence-corrected chi connectivity index (χ3v) is 5.78. The van der Waals surface area contributed by atoms with Gasteiger partial charge in [-0.3, -0.25) is 4.79 Å². The molecular formula is C17H22N2O4S. The minimum absolute atomic E-state index is 0.120. The second-order valence-electron chi connectivity index (χ2n) is 5.95. The highest BCUT2D eigenvalue weighted by Crippen LogP contribution is 2.16. The van der Waals surface area contributed by atoms with Crippen LogP contribution in [0.4, 0.5) is 0 Å². The molecule has 2 aromatic rings. The molecule has 0 bridgehead atoms. The number of rotatable bonds is 7. The molecule has 0 saturated heterocycles. The lowest BCUT2D eigenvalue weighted by atomic mass is 10.1. The van der Waals surface area contributed by atoms with Crippen molar-refractivity contribution in [3.63, 3.8) is 0 Å². The zero-order chi connectivity index (χ0) is 17.7. The lowest BCUT2D eigenvalue weighted by Crippen LogP contribution is -2.27. The van der Waals surface area contributed by atoms with Crippen LogP contribution in [0.3, 0.4) is 0 Å². The highest BCUT2D eigenvalue weighted by molar-refractivity contribution is 7.92. The number of nitrogens with zero attached hydrogens (tertiary/aromatic N) is 1. The number of carbonyl (C=O) groups excluding carboxylic acids is 1. The highest BCUT2D eigenvalue weighted by Gasteiger charge is 2.18. The molecule has 24 heavy (non-hydrogen) atoms. The van der Waals surface area contributed by atoms with E-state index in [-0.39, 0.29) is 17.2 Å². The summed E-state index contributed by atoms with van der Waals surface area (Å²) in [4.78, 5) is 12.2. The Morgan fingerprint density at radius 3 is 2.46 bits per heavy atom. The summed E-state index contributed by atoms with van der Waals surface area (Å²) in [5, 5.41) is 6.13. The number of amides is 1. The molecule has 1 amide bonds. The predicted molar refractivity (Wildman–Crippen MR) is 90.4 cm³/mol. The van der Waals surface area contributed by atoms with E-state index in [1.807, 2.05) is 13.0 Å². The van der Waals surface area contributed by atoms with Crippen LogP contribution < -0.4 is 5.32 Å². The molecule has 0 radical (unpaired) electrons. The van der Waals surface area contributed by atoms with Crippen LogP contribution in [0, 0.1) is 6.92 Å². The summed E-state index contributed by atoms with van der Waals surface area (Å²) in [5.74, 6) is 0.613. The molecule has 1 aromatic carbocycles. The summed E-state index contributed by atoms with van der Waals surface area (Å²) < 4.78 is 29.2. The van der Waals surface area contributed by atoms with Crippen molar-refractivity contribution in [2.24, 2.45) is 0 Å². The standard InChI is InChI=1S/C17H22N2O4S/c1-12(2)24(21,22)16-6-4-14(5-7-16)11-17(20)18-9-8-15-10-13(3)19-23-15/h4-7,10,12H,8-9,11H2,1-3H3,(H,18,20). The van der Waals surface area contributed by atoms with E-state index in [1.54, 1.807) is 38.1 Å². The maximum absolute atomic E-state index is 12.0. The second-order valence-corrected chi connectivity index (χ2v) is 8.45. The van der Waals surface area contributed by atoms with Gasteiger partial charge in [0.05, 0.1) is 22.3 Å². The van der Waals surface area contributed by atoms with Gasteiger partial charge < -0.3 is 9.84 Å². The van der Waals surface area contributed by atoms with Gasteiger partial charge in [-0.15, -0.1) is 0 Å². The number of sulfone groups is 1. The lowest BCUT2D eigenvalue weighted by Gasteiger charge is -2.09. The summed E-state index contributed by atoms with van der Waals surface area (Å²) >= 11 is 0. The van der Waals surface area contributed by atoms with Gasteiger partial charge >= 0.3 is 0 Å². The molecular weight excluding hydrogens is 328 g/mol. The Hall–Kier alpha value is -2.15. The molecule has 0 unspecified atom stereocenters. The zero-order valence-electron chi connectivity index (χ0n) is 14.1. The van der Waals surface area contributed by atoms with E-state index in [0.717, 1.165) is 17.0 Å². The Morgan fingerprint density at radius 2 is 1.92 bits per heavy atom. The minimum Gasteiger partial charge on any atom is -0.361 e. The van der Waals surface area contributed by atoms with Gasteiger partial charge in [-0.2, -0.15) is 0 Å². The van der Waals surface area contributed by atoms with Gasteiger partial charge in [0.2, 0.25) is 5.91 Å². The zero-order valence-corrected chi connectivity index (χ0v) is 14.9. The van der Waals surface area contributed by atoms with Crippen molar-refractivity contribution < 1.29 is 17.7 Å². The van der Waals surface area contributed by atoms with Gasteiger partial charge in [-0.05, 0) is 38.5 Å². The number of hydrogen-bond acceptors (Lipinski definition) is 5. The molecule has 0 aliphatic rings. The van der Waals surface area contributed by atoms with Crippen molar-refractivity contribution in [3.8, 4) is 0 Å². The van der Waals surface area contributed by atoms with Crippen LogP contribution in [0.15, 0.2) is 39.8 Å². The molecule has 130 valence electrons. The van der Waals surface area contributed by atoms with Gasteiger partial charge in [0.15, 0.2) is 9.84 Å². The molecule has 1 heterocycles. The molecule has 0 atom stereocenters. The van der Waals surface area contributed by atoms with Crippen LogP contribution in [0.25, 0.3) is 0 Å². The van der Waals surface area contributed by atoms with E-state index in [0.29, 0.717) is 13.0 Å². The van der Waals surface area contributed by atoms with E-state index in [9.17, 15) is 13.2 Å². The van der Waals surface area contributed by atoms with E-state index >= 15 is 0 Å². The smallest absolute Gasteiger partial charge is 0.224 e. The minimum atomic E-state index is -3.28. The summed E-state index contributed by atoms with van der Waals surface area (Å²) in [6.45, 7) is 5.60.